The summed E-state index contributed by atoms with van der Waals surface area (Å²) in [5, 5.41) is 11.3. The first-order valence-electron chi connectivity index (χ1n) is 6.38. The number of benzene rings is 2. The fraction of sp³-hybridized carbons (Fsp3) is 0.0588. The highest BCUT2D eigenvalue weighted by Crippen LogP contribution is 2.10. The molecule has 0 bridgehead atoms. The van der Waals surface area contributed by atoms with Gasteiger partial charge in [-0.3, -0.25) is 4.79 Å². The van der Waals surface area contributed by atoms with Crippen molar-refractivity contribution in [2.45, 2.75) is 6.42 Å². The number of nitrogens with zero attached hydrogens (tertiary/aromatic N) is 1. The third-order valence-electron chi connectivity index (χ3n) is 2.80. The Morgan fingerprint density at radius 2 is 1.81 bits per heavy atom. The minimum atomic E-state index is -0.311. The fourth-order valence-corrected chi connectivity index (χ4v) is 1.73. The van der Waals surface area contributed by atoms with Gasteiger partial charge in [-0.2, -0.15) is 5.26 Å². The largest absolute Gasteiger partial charge is 0.323 e. The quantitative estimate of drug-likeness (QED) is 0.871. The highest BCUT2D eigenvalue weighted by Gasteiger charge is 1.98. The normalized spacial score (nSPS) is 10.3. The smallest absolute Gasteiger partial charge is 0.248 e. The summed E-state index contributed by atoms with van der Waals surface area (Å²) < 4.78 is 12.7. The molecule has 1 N–H and O–H groups in total. The van der Waals surface area contributed by atoms with E-state index in [-0.39, 0.29) is 11.7 Å². The predicted molar refractivity (Wildman–Crippen MR) is 79.8 cm³/mol. The van der Waals surface area contributed by atoms with E-state index in [9.17, 15) is 9.18 Å². The van der Waals surface area contributed by atoms with Crippen molar-refractivity contribution in [2.24, 2.45) is 0 Å². The maximum Gasteiger partial charge on any atom is 0.248 e. The van der Waals surface area contributed by atoms with Crippen LogP contribution in [0.15, 0.2) is 54.6 Å². The van der Waals surface area contributed by atoms with Gasteiger partial charge in [0.1, 0.15) is 5.82 Å². The summed E-state index contributed by atoms with van der Waals surface area (Å²) in [7, 11) is 0. The molecule has 2 rings (SSSR count). The zero-order chi connectivity index (χ0) is 15.1. The number of rotatable bonds is 4. The van der Waals surface area contributed by atoms with Gasteiger partial charge in [0, 0.05) is 11.8 Å². The lowest BCUT2D eigenvalue weighted by molar-refractivity contribution is -0.111. The average Bonchev–Trinajstić information content (AvgIpc) is 2.49. The van der Waals surface area contributed by atoms with Crippen LogP contribution in [0.1, 0.15) is 11.1 Å². The van der Waals surface area contributed by atoms with Crippen LogP contribution < -0.4 is 5.32 Å². The van der Waals surface area contributed by atoms with Gasteiger partial charge in [-0.05, 0) is 41.5 Å². The first-order valence-corrected chi connectivity index (χ1v) is 6.38. The molecule has 3 nitrogen and oxygen atoms in total. The molecule has 0 aromatic heterocycles. The van der Waals surface area contributed by atoms with Gasteiger partial charge < -0.3 is 5.32 Å². The Balaban J connectivity index is 1.95. The molecular formula is C17H13FN2O. The predicted octanol–water partition coefficient (Wildman–Crippen LogP) is 3.54. The summed E-state index contributed by atoms with van der Waals surface area (Å²) >= 11 is 0. The minimum absolute atomic E-state index is 0.271. The van der Waals surface area contributed by atoms with Crippen LogP contribution in [0.3, 0.4) is 0 Å². The molecule has 0 spiro atoms. The minimum Gasteiger partial charge on any atom is -0.323 e. The molecule has 1 amide bonds. The summed E-state index contributed by atoms with van der Waals surface area (Å²) in [6, 6.07) is 15.0. The average molecular weight is 280 g/mol. The van der Waals surface area contributed by atoms with Gasteiger partial charge in [0.15, 0.2) is 0 Å². The molecule has 2 aromatic rings. The van der Waals surface area contributed by atoms with E-state index in [0.29, 0.717) is 12.1 Å². The van der Waals surface area contributed by atoms with Gasteiger partial charge in [0.25, 0.3) is 0 Å². The molecule has 21 heavy (non-hydrogen) atoms. The summed E-state index contributed by atoms with van der Waals surface area (Å²) in [4.78, 5) is 11.7. The van der Waals surface area contributed by atoms with Crippen LogP contribution in [0.4, 0.5) is 10.1 Å². The Morgan fingerprint density at radius 1 is 1.14 bits per heavy atom. The third-order valence-corrected chi connectivity index (χ3v) is 2.80. The van der Waals surface area contributed by atoms with E-state index >= 15 is 0 Å². The van der Waals surface area contributed by atoms with Crippen molar-refractivity contribution in [3.05, 3.63) is 71.6 Å². The number of amides is 1. The van der Waals surface area contributed by atoms with E-state index in [1.807, 2.05) is 0 Å². The van der Waals surface area contributed by atoms with Crippen LogP contribution in [0.5, 0.6) is 0 Å². The molecule has 2 aromatic carbocycles. The molecule has 0 atom stereocenters. The Bertz CT molecular complexity index is 682. The number of hydrogen-bond donors (Lipinski definition) is 1. The van der Waals surface area contributed by atoms with Gasteiger partial charge in [-0.1, -0.05) is 24.3 Å². The van der Waals surface area contributed by atoms with E-state index < -0.39 is 0 Å². The number of hydrogen-bond acceptors (Lipinski definition) is 2. The molecule has 0 radical (unpaired) electrons. The Labute approximate surface area is 122 Å². The van der Waals surface area contributed by atoms with Gasteiger partial charge in [0.2, 0.25) is 5.91 Å². The van der Waals surface area contributed by atoms with Crippen molar-refractivity contribution in [1.29, 1.82) is 5.26 Å². The van der Waals surface area contributed by atoms with Crippen LogP contribution >= 0.6 is 0 Å². The second-order valence-corrected chi connectivity index (χ2v) is 4.41. The van der Waals surface area contributed by atoms with E-state index in [1.165, 1.54) is 18.2 Å². The van der Waals surface area contributed by atoms with Gasteiger partial charge in [-0.15, -0.1) is 0 Å². The molecule has 0 fully saturated rings. The number of nitrogens with one attached hydrogen (secondary N) is 1. The number of carbonyl (C=O) groups excluding carboxylic acids is 1. The van der Waals surface area contributed by atoms with Crippen molar-refractivity contribution in [3.63, 3.8) is 0 Å². The highest BCUT2D eigenvalue weighted by molar-refractivity contribution is 6.01. The van der Waals surface area contributed by atoms with E-state index in [4.69, 9.17) is 5.26 Å². The second kappa shape index (κ2) is 7.01. The lowest BCUT2D eigenvalue weighted by atomic mass is 10.1. The maximum absolute atomic E-state index is 12.7. The Kier molecular flexibility index (Phi) is 4.84. The molecule has 0 unspecified atom stereocenters. The van der Waals surface area contributed by atoms with E-state index in [0.717, 1.165) is 11.1 Å². The zero-order valence-corrected chi connectivity index (χ0v) is 11.2. The first kappa shape index (κ1) is 14.5. The molecule has 104 valence electrons. The standard InChI is InChI=1S/C17H13FN2O/c18-15-6-1-13(2-7-15)5-10-17(21)20-16-8-3-14(4-9-16)11-12-19/h1-10H,11H2,(H,20,21)/b10-5+. The SMILES string of the molecule is N#CCc1ccc(NC(=O)/C=C/c2ccc(F)cc2)cc1. The lowest BCUT2D eigenvalue weighted by Crippen LogP contribution is -2.07. The maximum atomic E-state index is 12.7. The fourth-order valence-electron chi connectivity index (χ4n) is 1.73. The molecule has 0 aliphatic carbocycles. The van der Waals surface area contributed by atoms with Crippen LogP contribution in [-0.2, 0) is 11.2 Å². The molecule has 0 saturated heterocycles. The van der Waals surface area contributed by atoms with Crippen molar-refractivity contribution < 1.29 is 9.18 Å². The Hall–Kier alpha value is -2.93. The summed E-state index contributed by atoms with van der Waals surface area (Å²) in [5.74, 6) is -0.582. The first-order chi connectivity index (χ1) is 10.2. The molecule has 0 heterocycles. The van der Waals surface area contributed by atoms with Crippen molar-refractivity contribution >= 4 is 17.7 Å². The van der Waals surface area contributed by atoms with Gasteiger partial charge >= 0.3 is 0 Å². The monoisotopic (exact) mass is 280 g/mol. The van der Waals surface area contributed by atoms with Gasteiger partial charge in [-0.25, -0.2) is 4.39 Å². The topological polar surface area (TPSA) is 52.9 Å². The summed E-state index contributed by atoms with van der Waals surface area (Å²) in [6.07, 6.45) is 3.34. The number of nitriles is 1. The summed E-state index contributed by atoms with van der Waals surface area (Å²) in [6.45, 7) is 0. The van der Waals surface area contributed by atoms with Crippen LogP contribution in [0, 0.1) is 17.1 Å². The van der Waals surface area contributed by atoms with Gasteiger partial charge in [0.05, 0.1) is 12.5 Å². The van der Waals surface area contributed by atoms with E-state index in [2.05, 4.69) is 11.4 Å². The summed E-state index contributed by atoms with van der Waals surface area (Å²) in [5.41, 5.74) is 2.30. The van der Waals surface area contributed by atoms with Crippen molar-refractivity contribution in [2.75, 3.05) is 5.32 Å². The number of halogens is 1. The Morgan fingerprint density at radius 3 is 2.43 bits per heavy atom. The molecule has 4 heteroatoms. The van der Waals surface area contributed by atoms with E-state index in [1.54, 1.807) is 42.5 Å². The second-order valence-electron chi connectivity index (χ2n) is 4.41. The number of anilines is 1. The van der Waals surface area contributed by atoms with Crippen LogP contribution in [0.25, 0.3) is 6.08 Å². The number of carbonyl (C=O) groups is 1. The molecule has 0 aliphatic heterocycles. The zero-order valence-electron chi connectivity index (χ0n) is 11.2. The van der Waals surface area contributed by atoms with Crippen molar-refractivity contribution in [1.82, 2.24) is 0 Å². The molecule has 0 saturated carbocycles. The van der Waals surface area contributed by atoms with Crippen LogP contribution in [0.2, 0.25) is 0 Å². The highest BCUT2D eigenvalue weighted by atomic mass is 19.1. The molecule has 0 aliphatic rings. The van der Waals surface area contributed by atoms with Crippen molar-refractivity contribution in [3.8, 4) is 6.07 Å². The lowest BCUT2D eigenvalue weighted by Gasteiger charge is -2.02. The third kappa shape index (κ3) is 4.59. The molecular weight excluding hydrogens is 267 g/mol. The van der Waals surface area contributed by atoms with Crippen LogP contribution in [-0.4, -0.2) is 5.91 Å².